The molecule has 0 saturated heterocycles. The molecular formula is C34H34FN3O5S. The van der Waals surface area contributed by atoms with E-state index in [4.69, 9.17) is 19.2 Å². The number of hydrogen-bond donors (Lipinski definition) is 0. The second-order valence-corrected chi connectivity index (χ2v) is 11.2. The number of carbonyl (C=O) groups is 1. The molecule has 0 unspecified atom stereocenters. The van der Waals surface area contributed by atoms with Crippen LogP contribution in [0.15, 0.2) is 87.8 Å². The van der Waals surface area contributed by atoms with Crippen LogP contribution in [0.1, 0.15) is 43.5 Å². The molecule has 0 radical (unpaired) electrons. The van der Waals surface area contributed by atoms with Gasteiger partial charge in [0.05, 0.1) is 30.0 Å². The van der Waals surface area contributed by atoms with Crippen molar-refractivity contribution in [2.45, 2.75) is 33.4 Å². The predicted molar refractivity (Wildman–Crippen MR) is 168 cm³/mol. The molecule has 44 heavy (non-hydrogen) atoms. The van der Waals surface area contributed by atoms with Crippen LogP contribution in [0.5, 0.6) is 17.2 Å². The molecule has 10 heteroatoms. The van der Waals surface area contributed by atoms with Crippen molar-refractivity contribution in [2.75, 3.05) is 27.3 Å². The van der Waals surface area contributed by atoms with E-state index in [0.29, 0.717) is 63.1 Å². The maximum Gasteiger partial charge on any atom is 0.271 e. The molecule has 1 atom stereocenters. The van der Waals surface area contributed by atoms with Gasteiger partial charge in [-0.2, -0.15) is 0 Å². The smallest absolute Gasteiger partial charge is 0.271 e. The Morgan fingerprint density at radius 2 is 1.68 bits per heavy atom. The van der Waals surface area contributed by atoms with E-state index >= 15 is 0 Å². The quantitative estimate of drug-likeness (QED) is 0.255. The van der Waals surface area contributed by atoms with Gasteiger partial charge in [-0.05, 0) is 80.4 Å². The second-order valence-electron chi connectivity index (χ2n) is 10.2. The zero-order valence-electron chi connectivity index (χ0n) is 25.3. The Bertz CT molecular complexity index is 1870. The third kappa shape index (κ3) is 6.16. The first kappa shape index (κ1) is 30.7. The number of amides is 1. The highest BCUT2D eigenvalue weighted by molar-refractivity contribution is 7.07. The Morgan fingerprint density at radius 3 is 2.32 bits per heavy atom. The van der Waals surface area contributed by atoms with Gasteiger partial charge in [0.1, 0.15) is 35.7 Å². The number of thiazole rings is 1. The van der Waals surface area contributed by atoms with Crippen molar-refractivity contribution in [3.63, 3.8) is 0 Å². The Hall–Kier alpha value is -4.70. The Balaban J connectivity index is 1.56. The van der Waals surface area contributed by atoms with Gasteiger partial charge in [-0.25, -0.2) is 9.38 Å². The Labute approximate surface area is 259 Å². The van der Waals surface area contributed by atoms with Gasteiger partial charge < -0.3 is 19.1 Å². The number of nitrogens with zero attached hydrogens (tertiary/aromatic N) is 3. The number of ether oxygens (including phenoxy) is 3. The number of rotatable bonds is 10. The van der Waals surface area contributed by atoms with Crippen molar-refractivity contribution >= 4 is 23.3 Å². The number of fused-ring (bicyclic) bond motifs is 1. The van der Waals surface area contributed by atoms with Crippen LogP contribution in [0.3, 0.4) is 0 Å². The highest BCUT2D eigenvalue weighted by atomic mass is 32.1. The highest BCUT2D eigenvalue weighted by Crippen LogP contribution is 2.38. The summed E-state index contributed by atoms with van der Waals surface area (Å²) in [4.78, 5) is 35.0. The zero-order valence-corrected chi connectivity index (χ0v) is 26.1. The SMILES string of the molecule is CCN(CC)C(=O)C1=C(C)N=c2s/c(=C/c3ccc(OCc4ccc(F)cc4)cc3)c(=O)n2[C@@H]1c1cc(OC)ccc1OC. The van der Waals surface area contributed by atoms with Crippen molar-refractivity contribution in [3.8, 4) is 17.2 Å². The number of halogens is 1. The molecule has 1 aliphatic rings. The number of methoxy groups -OCH3 is 2. The van der Waals surface area contributed by atoms with Gasteiger partial charge in [0, 0.05) is 18.7 Å². The molecule has 1 amide bonds. The van der Waals surface area contributed by atoms with Gasteiger partial charge in [-0.15, -0.1) is 0 Å². The van der Waals surface area contributed by atoms with E-state index in [-0.39, 0.29) is 17.3 Å². The van der Waals surface area contributed by atoms with Crippen LogP contribution in [-0.2, 0) is 11.4 Å². The van der Waals surface area contributed by atoms with E-state index in [9.17, 15) is 14.0 Å². The van der Waals surface area contributed by atoms with Gasteiger partial charge in [-0.1, -0.05) is 35.6 Å². The third-order valence-electron chi connectivity index (χ3n) is 7.53. The molecule has 2 heterocycles. The summed E-state index contributed by atoms with van der Waals surface area (Å²) >= 11 is 1.26. The van der Waals surface area contributed by atoms with E-state index in [2.05, 4.69) is 0 Å². The topological polar surface area (TPSA) is 82.4 Å². The second kappa shape index (κ2) is 13.3. The molecule has 0 saturated carbocycles. The fraction of sp³-hybridized carbons (Fsp3) is 0.265. The highest BCUT2D eigenvalue weighted by Gasteiger charge is 2.36. The van der Waals surface area contributed by atoms with Crippen LogP contribution < -0.4 is 29.1 Å². The van der Waals surface area contributed by atoms with E-state index < -0.39 is 6.04 Å². The van der Waals surface area contributed by atoms with Crippen LogP contribution in [0.25, 0.3) is 6.08 Å². The van der Waals surface area contributed by atoms with Crippen molar-refractivity contribution in [3.05, 3.63) is 120 Å². The van der Waals surface area contributed by atoms with Crippen molar-refractivity contribution in [1.82, 2.24) is 9.47 Å². The average Bonchev–Trinajstić information content (AvgIpc) is 3.34. The first-order valence-corrected chi connectivity index (χ1v) is 15.1. The molecule has 5 rings (SSSR count). The van der Waals surface area contributed by atoms with Crippen LogP contribution >= 0.6 is 11.3 Å². The fourth-order valence-corrected chi connectivity index (χ4v) is 6.23. The molecule has 1 aromatic heterocycles. The largest absolute Gasteiger partial charge is 0.497 e. The number of benzene rings is 3. The first-order valence-electron chi connectivity index (χ1n) is 14.3. The van der Waals surface area contributed by atoms with Gasteiger partial charge in [-0.3, -0.25) is 14.2 Å². The Morgan fingerprint density at radius 1 is 1.00 bits per heavy atom. The number of likely N-dealkylation sites (N-methyl/N-ethyl adjacent to an activating group) is 1. The van der Waals surface area contributed by atoms with E-state index in [0.717, 1.165) is 11.1 Å². The average molecular weight is 616 g/mol. The molecule has 0 N–H and O–H groups in total. The summed E-state index contributed by atoms with van der Waals surface area (Å²) in [5.74, 6) is 1.28. The lowest BCUT2D eigenvalue weighted by Gasteiger charge is -2.30. The summed E-state index contributed by atoms with van der Waals surface area (Å²) in [5.41, 5.74) is 2.99. The van der Waals surface area contributed by atoms with Crippen LogP contribution in [0.4, 0.5) is 4.39 Å². The van der Waals surface area contributed by atoms with Crippen molar-refractivity contribution in [1.29, 1.82) is 0 Å². The fourth-order valence-electron chi connectivity index (χ4n) is 5.18. The van der Waals surface area contributed by atoms with E-state index in [1.54, 1.807) is 67.0 Å². The summed E-state index contributed by atoms with van der Waals surface area (Å²) < 4.78 is 32.3. The maximum absolute atomic E-state index is 14.1. The molecule has 3 aromatic carbocycles. The molecule has 0 fully saturated rings. The van der Waals surface area contributed by atoms with Gasteiger partial charge in [0.15, 0.2) is 4.80 Å². The third-order valence-corrected chi connectivity index (χ3v) is 8.51. The standard InChI is InChI=1S/C34H34FN3O5S/c1-6-37(7-2)33(40)30-21(3)36-34-38(31(30)27-19-26(41-4)16-17-28(27)42-5)32(39)29(44-34)18-22-10-14-25(15-11-22)43-20-23-8-12-24(35)13-9-23/h8-19,31H,6-7,20H2,1-5H3/b29-18+/t31-/m1/s1. The van der Waals surface area contributed by atoms with Crippen LogP contribution in [0.2, 0.25) is 0 Å². The predicted octanol–water partition coefficient (Wildman–Crippen LogP) is 4.84. The lowest BCUT2D eigenvalue weighted by atomic mass is 9.93. The minimum atomic E-state index is -0.770. The number of allylic oxidation sites excluding steroid dienone is 1. The summed E-state index contributed by atoms with van der Waals surface area (Å²) in [6, 6.07) is 18.1. The normalized spacial score (nSPS) is 14.6. The molecular weight excluding hydrogens is 581 g/mol. The summed E-state index contributed by atoms with van der Waals surface area (Å²) in [6.45, 7) is 6.99. The minimum absolute atomic E-state index is 0.184. The number of hydrogen-bond acceptors (Lipinski definition) is 7. The number of aromatic nitrogens is 1. The molecule has 1 aliphatic heterocycles. The summed E-state index contributed by atoms with van der Waals surface area (Å²) in [7, 11) is 3.13. The zero-order chi connectivity index (χ0) is 31.4. The van der Waals surface area contributed by atoms with Crippen LogP contribution in [-0.4, -0.2) is 42.7 Å². The molecule has 0 spiro atoms. The van der Waals surface area contributed by atoms with Gasteiger partial charge in [0.25, 0.3) is 11.5 Å². The van der Waals surface area contributed by atoms with Crippen molar-refractivity contribution in [2.24, 2.45) is 4.99 Å². The van der Waals surface area contributed by atoms with Crippen LogP contribution in [0, 0.1) is 5.82 Å². The minimum Gasteiger partial charge on any atom is -0.497 e. The molecule has 0 aliphatic carbocycles. The Kier molecular flexibility index (Phi) is 9.29. The number of carbonyl (C=O) groups excluding carboxylic acids is 1. The summed E-state index contributed by atoms with van der Waals surface area (Å²) in [5, 5.41) is 0. The lowest BCUT2D eigenvalue weighted by Crippen LogP contribution is -2.43. The molecule has 0 bridgehead atoms. The monoisotopic (exact) mass is 615 g/mol. The van der Waals surface area contributed by atoms with E-state index in [1.807, 2.05) is 38.1 Å². The molecule has 8 nitrogen and oxygen atoms in total. The van der Waals surface area contributed by atoms with Gasteiger partial charge >= 0.3 is 0 Å². The van der Waals surface area contributed by atoms with Crippen molar-refractivity contribution < 1.29 is 23.4 Å². The molecule has 4 aromatic rings. The first-order chi connectivity index (χ1) is 21.3. The molecule has 228 valence electrons. The van der Waals surface area contributed by atoms with E-state index in [1.165, 1.54) is 23.5 Å². The lowest BCUT2D eigenvalue weighted by molar-refractivity contribution is -0.127. The van der Waals surface area contributed by atoms with Gasteiger partial charge in [0.2, 0.25) is 0 Å². The maximum atomic E-state index is 14.1. The summed E-state index contributed by atoms with van der Waals surface area (Å²) in [6.07, 6.45) is 1.80.